The summed E-state index contributed by atoms with van der Waals surface area (Å²) >= 11 is 1.51. The molecule has 0 spiro atoms. The fourth-order valence-electron chi connectivity index (χ4n) is 2.95. The zero-order valence-corrected chi connectivity index (χ0v) is 15.5. The Kier molecular flexibility index (Phi) is 4.68. The van der Waals surface area contributed by atoms with Crippen LogP contribution in [0.3, 0.4) is 0 Å². The van der Waals surface area contributed by atoms with E-state index in [0.717, 1.165) is 22.0 Å². The molecule has 2 aromatic heterocycles. The summed E-state index contributed by atoms with van der Waals surface area (Å²) in [6, 6.07) is 5.62. The lowest BCUT2D eigenvalue weighted by atomic mass is 9.84. The molecular formula is C20H18N2O4S. The first-order valence-electron chi connectivity index (χ1n) is 8.45. The van der Waals surface area contributed by atoms with Crippen LogP contribution in [0.4, 0.5) is 0 Å². The lowest BCUT2D eigenvalue weighted by Crippen LogP contribution is -2.30. The molecule has 2 aromatic rings. The molecule has 0 saturated heterocycles. The van der Waals surface area contributed by atoms with Crippen LogP contribution in [0.15, 0.2) is 54.2 Å². The molecule has 2 aliphatic heterocycles. The number of hydrogen-bond acceptors (Lipinski definition) is 7. The number of hydrogen-bond donors (Lipinski definition) is 1. The third-order valence-electron chi connectivity index (χ3n) is 4.30. The first-order valence-corrected chi connectivity index (χ1v) is 9.33. The molecule has 0 aliphatic carbocycles. The van der Waals surface area contributed by atoms with Crippen molar-refractivity contribution in [3.05, 3.63) is 64.8 Å². The van der Waals surface area contributed by atoms with Gasteiger partial charge in [0.05, 0.1) is 23.4 Å². The molecule has 1 unspecified atom stereocenters. The summed E-state index contributed by atoms with van der Waals surface area (Å²) in [6.45, 7) is 1.06. The Balaban J connectivity index is 1.72. The molecule has 4 rings (SSSR count). The number of rotatable bonds is 4. The number of nitrogens with one attached hydrogen (secondary N) is 1. The predicted octanol–water partition coefficient (Wildman–Crippen LogP) is 3.24. The molecule has 1 atom stereocenters. The van der Waals surface area contributed by atoms with Crippen molar-refractivity contribution in [2.24, 2.45) is 5.41 Å². The van der Waals surface area contributed by atoms with Crippen molar-refractivity contribution < 1.29 is 19.0 Å². The number of fused-ring (bicyclic) bond motifs is 1. The SMILES string of the molecule is COC(=O)C1(/C=C/c2scc3c2OCCO3)C=CNC(c2ccccn2)=C1. The van der Waals surface area contributed by atoms with Crippen molar-refractivity contribution in [3.8, 4) is 11.5 Å². The number of esters is 1. The van der Waals surface area contributed by atoms with E-state index in [2.05, 4.69) is 10.3 Å². The first-order chi connectivity index (χ1) is 13.2. The molecule has 1 N–H and O–H groups in total. The zero-order valence-electron chi connectivity index (χ0n) is 14.7. The largest absolute Gasteiger partial charge is 0.485 e. The Labute approximate surface area is 160 Å². The maximum absolute atomic E-state index is 12.6. The lowest BCUT2D eigenvalue weighted by molar-refractivity contribution is -0.145. The molecule has 27 heavy (non-hydrogen) atoms. The second kappa shape index (κ2) is 7.28. The van der Waals surface area contributed by atoms with Crippen LogP contribution in [0.2, 0.25) is 0 Å². The number of methoxy groups -OCH3 is 1. The van der Waals surface area contributed by atoms with Crippen molar-refractivity contribution in [1.29, 1.82) is 0 Å². The van der Waals surface area contributed by atoms with Crippen LogP contribution in [0.1, 0.15) is 10.6 Å². The highest BCUT2D eigenvalue weighted by Gasteiger charge is 2.35. The summed E-state index contributed by atoms with van der Waals surface area (Å²) in [5, 5.41) is 5.06. The first kappa shape index (κ1) is 17.4. The van der Waals surface area contributed by atoms with Gasteiger partial charge >= 0.3 is 5.97 Å². The third kappa shape index (κ3) is 3.33. The number of carbonyl (C=O) groups excluding carboxylic acids is 1. The number of thiophene rings is 1. The predicted molar refractivity (Wildman–Crippen MR) is 103 cm³/mol. The van der Waals surface area contributed by atoms with Gasteiger partial charge in [-0.3, -0.25) is 9.78 Å². The van der Waals surface area contributed by atoms with Gasteiger partial charge < -0.3 is 19.5 Å². The number of carbonyl (C=O) groups is 1. The summed E-state index contributed by atoms with van der Waals surface area (Å²) < 4.78 is 16.4. The summed E-state index contributed by atoms with van der Waals surface area (Å²) in [5.41, 5.74) is 0.439. The highest BCUT2D eigenvalue weighted by atomic mass is 32.1. The third-order valence-corrected chi connectivity index (χ3v) is 5.21. The van der Waals surface area contributed by atoms with Gasteiger partial charge in [0.25, 0.3) is 0 Å². The minimum atomic E-state index is -1.04. The van der Waals surface area contributed by atoms with Gasteiger partial charge in [0, 0.05) is 11.6 Å². The molecule has 0 saturated carbocycles. The number of nitrogens with zero attached hydrogens (tertiary/aromatic N) is 1. The second-order valence-corrected chi connectivity index (χ2v) is 6.91. The molecule has 0 radical (unpaired) electrons. The van der Waals surface area contributed by atoms with E-state index < -0.39 is 5.41 Å². The van der Waals surface area contributed by atoms with Crippen molar-refractivity contribution >= 4 is 29.1 Å². The molecule has 2 aliphatic rings. The van der Waals surface area contributed by atoms with Crippen molar-refractivity contribution in [2.45, 2.75) is 0 Å². The van der Waals surface area contributed by atoms with Gasteiger partial charge in [-0.15, -0.1) is 11.3 Å². The van der Waals surface area contributed by atoms with Crippen LogP contribution >= 0.6 is 11.3 Å². The Bertz CT molecular complexity index is 933. The number of dihydropyridines is 1. The van der Waals surface area contributed by atoms with E-state index >= 15 is 0 Å². The quantitative estimate of drug-likeness (QED) is 0.819. The molecule has 0 aromatic carbocycles. The molecule has 6 nitrogen and oxygen atoms in total. The van der Waals surface area contributed by atoms with Crippen LogP contribution in [0.5, 0.6) is 11.5 Å². The average Bonchev–Trinajstić information content (AvgIpc) is 3.16. The Morgan fingerprint density at radius 1 is 1.37 bits per heavy atom. The van der Waals surface area contributed by atoms with Gasteiger partial charge in [-0.1, -0.05) is 12.1 Å². The molecule has 0 fully saturated rings. The Hall–Kier alpha value is -3.06. The smallest absolute Gasteiger partial charge is 0.323 e. The summed E-state index contributed by atoms with van der Waals surface area (Å²) in [7, 11) is 1.38. The highest BCUT2D eigenvalue weighted by molar-refractivity contribution is 7.11. The molecule has 7 heteroatoms. The van der Waals surface area contributed by atoms with Gasteiger partial charge in [0.1, 0.15) is 18.6 Å². The van der Waals surface area contributed by atoms with Crippen molar-refractivity contribution in [1.82, 2.24) is 10.3 Å². The van der Waals surface area contributed by atoms with Gasteiger partial charge in [-0.05, 0) is 36.6 Å². The van der Waals surface area contributed by atoms with E-state index in [4.69, 9.17) is 14.2 Å². The molecular weight excluding hydrogens is 364 g/mol. The Morgan fingerprint density at radius 2 is 2.26 bits per heavy atom. The fourth-order valence-corrected chi connectivity index (χ4v) is 3.78. The Morgan fingerprint density at radius 3 is 3.07 bits per heavy atom. The summed E-state index contributed by atoms with van der Waals surface area (Å²) in [4.78, 5) is 17.9. The maximum atomic E-state index is 12.6. The topological polar surface area (TPSA) is 69.7 Å². The maximum Gasteiger partial charge on any atom is 0.323 e. The highest BCUT2D eigenvalue weighted by Crippen LogP contribution is 2.41. The number of aromatic nitrogens is 1. The normalized spacial score (nSPS) is 20.9. The number of ether oxygens (including phenoxy) is 3. The van der Waals surface area contributed by atoms with Crippen LogP contribution in [-0.2, 0) is 9.53 Å². The molecule has 4 heterocycles. The monoisotopic (exact) mass is 382 g/mol. The van der Waals surface area contributed by atoms with Crippen molar-refractivity contribution in [3.63, 3.8) is 0 Å². The van der Waals surface area contributed by atoms with Crippen LogP contribution in [0, 0.1) is 5.41 Å². The van der Waals surface area contributed by atoms with E-state index in [9.17, 15) is 4.79 Å². The minimum absolute atomic E-state index is 0.382. The second-order valence-electron chi connectivity index (χ2n) is 6.00. The standard InChI is InChI=1S/C20H18N2O4S/c1-24-19(23)20(6-5-17-18-16(13-27-17)25-10-11-26-18)7-9-22-15(12-20)14-4-2-3-8-21-14/h2-9,12-13,22H,10-11H2,1H3/b6-5+. The van der Waals surface area contributed by atoms with E-state index in [0.29, 0.717) is 19.0 Å². The van der Waals surface area contributed by atoms with E-state index in [1.54, 1.807) is 18.5 Å². The van der Waals surface area contributed by atoms with Crippen molar-refractivity contribution in [2.75, 3.05) is 20.3 Å². The van der Waals surface area contributed by atoms with Gasteiger partial charge in [0.2, 0.25) is 0 Å². The lowest BCUT2D eigenvalue weighted by Gasteiger charge is -2.26. The van der Waals surface area contributed by atoms with E-state index in [1.807, 2.05) is 41.8 Å². The molecule has 138 valence electrons. The van der Waals surface area contributed by atoms with E-state index in [1.165, 1.54) is 18.4 Å². The fraction of sp³-hybridized carbons (Fsp3) is 0.200. The minimum Gasteiger partial charge on any atom is -0.485 e. The molecule has 0 amide bonds. The van der Waals surface area contributed by atoms with Gasteiger partial charge in [-0.25, -0.2) is 0 Å². The zero-order chi connectivity index (χ0) is 18.7. The van der Waals surface area contributed by atoms with Gasteiger partial charge in [-0.2, -0.15) is 0 Å². The summed E-state index contributed by atoms with van der Waals surface area (Å²) in [6.07, 6.45) is 10.7. The van der Waals surface area contributed by atoms with Crippen LogP contribution < -0.4 is 14.8 Å². The van der Waals surface area contributed by atoms with Gasteiger partial charge in [0.15, 0.2) is 11.5 Å². The molecule has 0 bridgehead atoms. The number of pyridine rings is 1. The summed E-state index contributed by atoms with van der Waals surface area (Å²) in [5.74, 6) is 1.07. The van der Waals surface area contributed by atoms with E-state index in [-0.39, 0.29) is 5.97 Å². The van der Waals surface area contributed by atoms with Crippen LogP contribution in [-0.4, -0.2) is 31.3 Å². The van der Waals surface area contributed by atoms with Crippen LogP contribution in [0.25, 0.3) is 11.8 Å². The average molecular weight is 382 g/mol.